The van der Waals surface area contributed by atoms with Gasteiger partial charge in [-0.2, -0.15) is 0 Å². The lowest BCUT2D eigenvalue weighted by Crippen LogP contribution is -2.56. The van der Waals surface area contributed by atoms with Crippen LogP contribution in [-0.4, -0.2) is 57.7 Å². The molecule has 3 unspecified atom stereocenters. The summed E-state index contributed by atoms with van der Waals surface area (Å²) in [6.07, 6.45) is 0.512. The first kappa shape index (κ1) is 19.1. The van der Waals surface area contributed by atoms with E-state index in [1.54, 1.807) is 38.1 Å². The van der Waals surface area contributed by atoms with Crippen molar-refractivity contribution in [2.24, 2.45) is 17.8 Å². The van der Waals surface area contributed by atoms with E-state index in [0.717, 1.165) is 4.90 Å². The number of likely N-dealkylation sites (tertiary alicyclic amines) is 1. The Balaban J connectivity index is 1.90. The quantitative estimate of drug-likeness (QED) is 0.814. The SMILES string of the molecule is CC1CC(C(=O)O)CN(C(=O)C(C(C)C)N2C(=O)c3ccccc3C2=O)C1. The molecule has 0 aromatic heterocycles. The minimum absolute atomic E-state index is 0.0405. The number of hydrogen-bond acceptors (Lipinski definition) is 4. The van der Waals surface area contributed by atoms with Crippen LogP contribution in [0, 0.1) is 17.8 Å². The number of carbonyl (C=O) groups excluding carboxylic acids is 3. The summed E-state index contributed by atoms with van der Waals surface area (Å²) in [7, 11) is 0. The number of imide groups is 1. The zero-order valence-corrected chi connectivity index (χ0v) is 15.7. The number of carboxylic acid groups (broad SMARTS) is 1. The number of fused-ring (bicyclic) bond motifs is 1. The van der Waals surface area contributed by atoms with Gasteiger partial charge < -0.3 is 10.0 Å². The Kier molecular flexibility index (Phi) is 5.04. The second-order valence-electron chi connectivity index (χ2n) is 7.83. The highest BCUT2D eigenvalue weighted by molar-refractivity contribution is 6.22. The third-order valence-corrected chi connectivity index (χ3v) is 5.31. The van der Waals surface area contributed by atoms with E-state index in [4.69, 9.17) is 0 Å². The fourth-order valence-electron chi connectivity index (χ4n) is 4.05. The van der Waals surface area contributed by atoms with Gasteiger partial charge in [-0.1, -0.05) is 32.9 Å². The van der Waals surface area contributed by atoms with E-state index in [2.05, 4.69) is 0 Å². The van der Waals surface area contributed by atoms with Crippen LogP contribution in [0.5, 0.6) is 0 Å². The lowest BCUT2D eigenvalue weighted by atomic mass is 9.89. The molecule has 27 heavy (non-hydrogen) atoms. The van der Waals surface area contributed by atoms with Crippen LogP contribution >= 0.6 is 0 Å². The fourth-order valence-corrected chi connectivity index (χ4v) is 4.05. The average Bonchev–Trinajstić information content (AvgIpc) is 2.86. The van der Waals surface area contributed by atoms with Gasteiger partial charge in [0.05, 0.1) is 17.0 Å². The molecule has 2 aliphatic rings. The molecule has 1 aromatic rings. The average molecular weight is 372 g/mol. The molecule has 1 saturated heterocycles. The van der Waals surface area contributed by atoms with Gasteiger partial charge in [-0.25, -0.2) is 0 Å². The number of benzene rings is 1. The molecule has 0 bridgehead atoms. The smallest absolute Gasteiger partial charge is 0.308 e. The molecular formula is C20H24N2O5. The molecule has 0 radical (unpaired) electrons. The Hall–Kier alpha value is -2.70. The Morgan fingerprint density at radius 1 is 1.07 bits per heavy atom. The molecule has 7 heteroatoms. The van der Waals surface area contributed by atoms with Crippen LogP contribution in [-0.2, 0) is 9.59 Å². The fraction of sp³-hybridized carbons (Fsp3) is 0.500. The monoisotopic (exact) mass is 372 g/mol. The van der Waals surface area contributed by atoms with Crippen LogP contribution in [0.4, 0.5) is 0 Å². The van der Waals surface area contributed by atoms with Gasteiger partial charge in [0.15, 0.2) is 0 Å². The number of piperidine rings is 1. The summed E-state index contributed by atoms with van der Waals surface area (Å²) in [6.45, 7) is 6.00. The van der Waals surface area contributed by atoms with Gasteiger partial charge in [0.25, 0.3) is 11.8 Å². The van der Waals surface area contributed by atoms with Gasteiger partial charge in [-0.3, -0.25) is 24.1 Å². The highest BCUT2D eigenvalue weighted by Gasteiger charge is 2.46. The van der Waals surface area contributed by atoms with E-state index in [1.807, 2.05) is 6.92 Å². The number of carboxylic acids is 1. The maximum absolute atomic E-state index is 13.3. The van der Waals surface area contributed by atoms with E-state index in [1.165, 1.54) is 4.90 Å². The lowest BCUT2D eigenvalue weighted by molar-refractivity contribution is -0.148. The maximum atomic E-state index is 13.3. The van der Waals surface area contributed by atoms with Crippen molar-refractivity contribution in [2.45, 2.75) is 33.2 Å². The summed E-state index contributed by atoms with van der Waals surface area (Å²) >= 11 is 0. The summed E-state index contributed by atoms with van der Waals surface area (Å²) in [5.74, 6) is -3.12. The molecule has 3 atom stereocenters. The lowest BCUT2D eigenvalue weighted by Gasteiger charge is -2.39. The van der Waals surface area contributed by atoms with Crippen molar-refractivity contribution in [3.63, 3.8) is 0 Å². The topological polar surface area (TPSA) is 95.0 Å². The van der Waals surface area contributed by atoms with Crippen molar-refractivity contribution in [1.29, 1.82) is 0 Å². The van der Waals surface area contributed by atoms with E-state index in [-0.39, 0.29) is 24.3 Å². The minimum atomic E-state index is -0.947. The van der Waals surface area contributed by atoms with E-state index < -0.39 is 29.7 Å². The van der Waals surface area contributed by atoms with Crippen LogP contribution in [0.25, 0.3) is 0 Å². The maximum Gasteiger partial charge on any atom is 0.308 e. The first-order valence-corrected chi connectivity index (χ1v) is 9.20. The normalized spacial score (nSPS) is 23.6. The molecule has 1 N–H and O–H groups in total. The van der Waals surface area contributed by atoms with Crippen molar-refractivity contribution in [1.82, 2.24) is 9.80 Å². The molecular weight excluding hydrogens is 348 g/mol. The highest BCUT2D eigenvalue weighted by Crippen LogP contribution is 2.30. The van der Waals surface area contributed by atoms with E-state index in [0.29, 0.717) is 24.1 Å². The van der Waals surface area contributed by atoms with Gasteiger partial charge >= 0.3 is 5.97 Å². The number of amides is 3. The van der Waals surface area contributed by atoms with Gasteiger partial charge in [-0.05, 0) is 30.4 Å². The molecule has 7 nitrogen and oxygen atoms in total. The minimum Gasteiger partial charge on any atom is -0.481 e. The molecule has 3 rings (SSSR count). The molecule has 0 saturated carbocycles. The summed E-state index contributed by atoms with van der Waals surface area (Å²) in [4.78, 5) is 52.9. The van der Waals surface area contributed by atoms with Gasteiger partial charge in [0.2, 0.25) is 5.91 Å². The van der Waals surface area contributed by atoms with Gasteiger partial charge in [0.1, 0.15) is 6.04 Å². The van der Waals surface area contributed by atoms with Crippen molar-refractivity contribution in [3.8, 4) is 0 Å². The highest BCUT2D eigenvalue weighted by atomic mass is 16.4. The number of carbonyl (C=O) groups is 4. The van der Waals surface area contributed by atoms with Crippen LogP contribution in [0.15, 0.2) is 24.3 Å². The zero-order valence-electron chi connectivity index (χ0n) is 15.7. The Morgan fingerprint density at radius 2 is 1.63 bits per heavy atom. The second-order valence-corrected chi connectivity index (χ2v) is 7.83. The van der Waals surface area contributed by atoms with Crippen LogP contribution in [0.3, 0.4) is 0 Å². The summed E-state index contributed by atoms with van der Waals surface area (Å²) in [6, 6.07) is 5.59. The first-order valence-electron chi connectivity index (χ1n) is 9.20. The van der Waals surface area contributed by atoms with E-state index >= 15 is 0 Å². The molecule has 2 aliphatic heterocycles. The van der Waals surface area contributed by atoms with Crippen molar-refractivity contribution < 1.29 is 24.3 Å². The molecule has 0 aliphatic carbocycles. The predicted octanol–water partition coefficient (Wildman–Crippen LogP) is 1.88. The third kappa shape index (κ3) is 3.34. The van der Waals surface area contributed by atoms with Crippen LogP contribution in [0.2, 0.25) is 0 Å². The Bertz CT molecular complexity index is 768. The van der Waals surface area contributed by atoms with Gasteiger partial charge in [0, 0.05) is 13.1 Å². The summed E-state index contributed by atoms with van der Waals surface area (Å²) in [5.41, 5.74) is 0.604. The third-order valence-electron chi connectivity index (χ3n) is 5.31. The van der Waals surface area contributed by atoms with Crippen molar-refractivity contribution in [3.05, 3.63) is 35.4 Å². The number of hydrogen-bond donors (Lipinski definition) is 1. The van der Waals surface area contributed by atoms with Crippen molar-refractivity contribution >= 4 is 23.7 Å². The molecule has 1 fully saturated rings. The Morgan fingerprint density at radius 3 is 2.11 bits per heavy atom. The largest absolute Gasteiger partial charge is 0.481 e. The zero-order chi connectivity index (χ0) is 19.9. The summed E-state index contributed by atoms with van der Waals surface area (Å²) < 4.78 is 0. The standard InChI is InChI=1S/C20H24N2O5/c1-11(2)16(19(25)21-9-12(3)8-13(10-21)20(26)27)22-17(23)14-6-4-5-7-15(14)18(22)24/h4-7,11-13,16H,8-10H2,1-3H3,(H,26,27). The molecule has 3 amide bonds. The first-order chi connectivity index (χ1) is 12.7. The van der Waals surface area contributed by atoms with Crippen LogP contribution < -0.4 is 0 Å². The molecule has 0 spiro atoms. The molecule has 1 aromatic carbocycles. The number of aliphatic carboxylic acids is 1. The number of nitrogens with zero attached hydrogens (tertiary/aromatic N) is 2. The Labute approximate surface area is 157 Å². The van der Waals surface area contributed by atoms with Crippen LogP contribution in [0.1, 0.15) is 47.9 Å². The second kappa shape index (κ2) is 7.13. The molecule has 2 heterocycles. The number of rotatable bonds is 4. The van der Waals surface area contributed by atoms with E-state index in [9.17, 15) is 24.3 Å². The van der Waals surface area contributed by atoms with Crippen molar-refractivity contribution in [2.75, 3.05) is 13.1 Å². The predicted molar refractivity (Wildman–Crippen MR) is 97.1 cm³/mol. The van der Waals surface area contributed by atoms with Gasteiger partial charge in [-0.15, -0.1) is 0 Å². The summed E-state index contributed by atoms with van der Waals surface area (Å²) in [5, 5.41) is 9.36. The molecule has 144 valence electrons.